The van der Waals surface area contributed by atoms with E-state index in [0.717, 1.165) is 20.6 Å². The standard InChI is InChI=1S/C15H10ClNOS/c16-12-6-8-13(9-7-12)19-14-10-17-15(18-14)11-4-2-1-3-5-11/h1-10H. The van der Waals surface area contributed by atoms with Crippen LogP contribution in [0.4, 0.5) is 0 Å². The molecule has 0 spiro atoms. The maximum absolute atomic E-state index is 5.85. The van der Waals surface area contributed by atoms with E-state index in [1.54, 1.807) is 6.20 Å². The molecule has 19 heavy (non-hydrogen) atoms. The maximum Gasteiger partial charge on any atom is 0.227 e. The zero-order valence-electron chi connectivity index (χ0n) is 9.92. The Labute approximate surface area is 120 Å². The average Bonchev–Trinajstić information content (AvgIpc) is 2.91. The normalized spacial score (nSPS) is 10.6. The number of benzene rings is 2. The molecule has 0 unspecified atom stereocenters. The highest BCUT2D eigenvalue weighted by Gasteiger charge is 2.07. The molecule has 0 aliphatic carbocycles. The molecule has 0 atom stereocenters. The number of halogens is 1. The van der Waals surface area contributed by atoms with Gasteiger partial charge < -0.3 is 4.42 Å². The van der Waals surface area contributed by atoms with Gasteiger partial charge in [-0.1, -0.05) is 41.6 Å². The topological polar surface area (TPSA) is 26.0 Å². The summed E-state index contributed by atoms with van der Waals surface area (Å²) in [4.78, 5) is 5.36. The Kier molecular flexibility index (Phi) is 3.58. The van der Waals surface area contributed by atoms with Crippen LogP contribution in [0.25, 0.3) is 11.5 Å². The van der Waals surface area contributed by atoms with Gasteiger partial charge in [-0.15, -0.1) is 0 Å². The number of aromatic nitrogens is 1. The maximum atomic E-state index is 5.85. The van der Waals surface area contributed by atoms with Crippen LogP contribution in [0.1, 0.15) is 0 Å². The van der Waals surface area contributed by atoms with E-state index in [1.807, 2.05) is 54.6 Å². The van der Waals surface area contributed by atoms with E-state index in [4.69, 9.17) is 16.0 Å². The summed E-state index contributed by atoms with van der Waals surface area (Å²) in [6.07, 6.45) is 1.74. The number of oxazole rings is 1. The molecule has 1 aromatic heterocycles. The monoisotopic (exact) mass is 287 g/mol. The summed E-state index contributed by atoms with van der Waals surface area (Å²) in [5.74, 6) is 0.636. The first-order valence-corrected chi connectivity index (χ1v) is 6.95. The third-order valence-electron chi connectivity index (χ3n) is 2.54. The highest BCUT2D eigenvalue weighted by molar-refractivity contribution is 7.99. The van der Waals surface area contributed by atoms with Gasteiger partial charge in [0.05, 0.1) is 6.20 Å². The summed E-state index contributed by atoms with van der Waals surface area (Å²) in [7, 11) is 0. The lowest BCUT2D eigenvalue weighted by Gasteiger charge is -1.97. The van der Waals surface area contributed by atoms with E-state index in [0.29, 0.717) is 5.89 Å². The molecule has 4 heteroatoms. The van der Waals surface area contributed by atoms with Crippen LogP contribution in [0.15, 0.2) is 75.2 Å². The minimum absolute atomic E-state index is 0.636. The van der Waals surface area contributed by atoms with Crippen molar-refractivity contribution in [2.24, 2.45) is 0 Å². The summed E-state index contributed by atoms with van der Waals surface area (Å²) >= 11 is 7.38. The van der Waals surface area contributed by atoms with E-state index >= 15 is 0 Å². The van der Waals surface area contributed by atoms with Crippen molar-refractivity contribution < 1.29 is 4.42 Å². The third kappa shape index (κ3) is 3.00. The Morgan fingerprint density at radius 3 is 2.42 bits per heavy atom. The number of hydrogen-bond donors (Lipinski definition) is 0. The van der Waals surface area contributed by atoms with Gasteiger partial charge in [-0.25, -0.2) is 4.98 Å². The minimum Gasteiger partial charge on any atom is -0.430 e. The van der Waals surface area contributed by atoms with Crippen molar-refractivity contribution in [3.63, 3.8) is 0 Å². The van der Waals surface area contributed by atoms with Crippen LogP contribution >= 0.6 is 23.4 Å². The first-order valence-electron chi connectivity index (χ1n) is 5.76. The lowest BCUT2D eigenvalue weighted by molar-refractivity contribution is 0.484. The van der Waals surface area contributed by atoms with Gasteiger partial charge in [0.1, 0.15) is 0 Å². The van der Waals surface area contributed by atoms with E-state index in [2.05, 4.69) is 4.98 Å². The van der Waals surface area contributed by atoms with Crippen molar-refractivity contribution in [2.75, 3.05) is 0 Å². The van der Waals surface area contributed by atoms with Crippen molar-refractivity contribution in [2.45, 2.75) is 9.99 Å². The molecule has 0 bridgehead atoms. The second kappa shape index (κ2) is 5.51. The fourth-order valence-electron chi connectivity index (χ4n) is 1.64. The second-order valence-corrected chi connectivity index (χ2v) is 5.42. The third-order valence-corrected chi connectivity index (χ3v) is 3.69. The predicted octanol–water partition coefficient (Wildman–Crippen LogP) is 5.15. The highest BCUT2D eigenvalue weighted by atomic mass is 35.5. The fourth-order valence-corrected chi connectivity index (χ4v) is 2.50. The van der Waals surface area contributed by atoms with Gasteiger partial charge in [-0.05, 0) is 36.4 Å². The Morgan fingerprint density at radius 2 is 1.68 bits per heavy atom. The van der Waals surface area contributed by atoms with Crippen molar-refractivity contribution in [1.82, 2.24) is 4.98 Å². The Balaban J connectivity index is 1.80. The van der Waals surface area contributed by atoms with Crippen molar-refractivity contribution >= 4 is 23.4 Å². The van der Waals surface area contributed by atoms with Gasteiger partial charge >= 0.3 is 0 Å². The fraction of sp³-hybridized carbons (Fsp3) is 0. The van der Waals surface area contributed by atoms with E-state index in [1.165, 1.54) is 11.8 Å². The van der Waals surface area contributed by atoms with Gasteiger partial charge in [0.25, 0.3) is 0 Å². The molecule has 2 aromatic carbocycles. The molecule has 1 heterocycles. The van der Waals surface area contributed by atoms with Crippen LogP contribution in [0, 0.1) is 0 Å². The molecule has 0 aliphatic rings. The molecular formula is C15H10ClNOS. The van der Waals surface area contributed by atoms with Crippen LogP contribution < -0.4 is 0 Å². The van der Waals surface area contributed by atoms with Crippen LogP contribution in [0.3, 0.4) is 0 Å². The lowest BCUT2D eigenvalue weighted by Crippen LogP contribution is -1.73. The Bertz CT molecular complexity index is 664. The largest absolute Gasteiger partial charge is 0.430 e. The smallest absolute Gasteiger partial charge is 0.227 e. The summed E-state index contributed by atoms with van der Waals surface area (Å²) in [6.45, 7) is 0. The van der Waals surface area contributed by atoms with Gasteiger partial charge in [-0.2, -0.15) is 0 Å². The van der Waals surface area contributed by atoms with Gasteiger partial charge in [0.2, 0.25) is 5.89 Å². The molecule has 0 aliphatic heterocycles. The highest BCUT2D eigenvalue weighted by Crippen LogP contribution is 2.31. The molecule has 0 saturated heterocycles. The molecule has 94 valence electrons. The second-order valence-electron chi connectivity index (χ2n) is 3.91. The van der Waals surface area contributed by atoms with Crippen LogP contribution in [-0.4, -0.2) is 4.98 Å². The molecule has 0 amide bonds. The van der Waals surface area contributed by atoms with E-state index < -0.39 is 0 Å². The summed E-state index contributed by atoms with van der Waals surface area (Å²) in [6, 6.07) is 17.5. The molecule has 0 fully saturated rings. The SMILES string of the molecule is Clc1ccc(Sc2cnc(-c3ccccc3)o2)cc1. The average molecular weight is 288 g/mol. The first kappa shape index (κ1) is 12.3. The van der Waals surface area contributed by atoms with Gasteiger partial charge in [0.15, 0.2) is 5.09 Å². The molecule has 3 rings (SSSR count). The number of hydrogen-bond acceptors (Lipinski definition) is 3. The van der Waals surface area contributed by atoms with Crippen LogP contribution in [0.2, 0.25) is 5.02 Å². The van der Waals surface area contributed by atoms with Crippen LogP contribution in [0.5, 0.6) is 0 Å². The van der Waals surface area contributed by atoms with Gasteiger partial charge in [-0.3, -0.25) is 0 Å². The van der Waals surface area contributed by atoms with Crippen molar-refractivity contribution in [3.8, 4) is 11.5 Å². The summed E-state index contributed by atoms with van der Waals surface area (Å²) < 4.78 is 5.72. The summed E-state index contributed by atoms with van der Waals surface area (Å²) in [5, 5.41) is 1.49. The van der Waals surface area contributed by atoms with Crippen LogP contribution in [-0.2, 0) is 0 Å². The van der Waals surface area contributed by atoms with Crippen molar-refractivity contribution in [3.05, 3.63) is 65.8 Å². The first-order chi connectivity index (χ1) is 9.31. The molecular weight excluding hydrogens is 278 g/mol. The Hall–Kier alpha value is -1.71. The minimum atomic E-state index is 0.636. The predicted molar refractivity (Wildman–Crippen MR) is 77.5 cm³/mol. The Morgan fingerprint density at radius 1 is 0.947 bits per heavy atom. The number of rotatable bonds is 3. The van der Waals surface area contributed by atoms with Crippen molar-refractivity contribution in [1.29, 1.82) is 0 Å². The van der Waals surface area contributed by atoms with E-state index in [-0.39, 0.29) is 0 Å². The molecule has 2 nitrogen and oxygen atoms in total. The number of nitrogens with zero attached hydrogens (tertiary/aromatic N) is 1. The molecule has 0 N–H and O–H groups in total. The zero-order chi connectivity index (χ0) is 13.1. The molecule has 0 saturated carbocycles. The molecule has 0 radical (unpaired) electrons. The molecule has 3 aromatic rings. The zero-order valence-corrected chi connectivity index (χ0v) is 11.5. The van der Waals surface area contributed by atoms with E-state index in [9.17, 15) is 0 Å². The lowest BCUT2D eigenvalue weighted by atomic mass is 10.2. The van der Waals surface area contributed by atoms with Gasteiger partial charge in [0, 0.05) is 15.5 Å². The summed E-state index contributed by atoms with van der Waals surface area (Å²) in [5.41, 5.74) is 0.977. The quantitative estimate of drug-likeness (QED) is 0.666.